The molecule has 1 heterocycles. The van der Waals surface area contributed by atoms with Crippen LogP contribution in [0.3, 0.4) is 0 Å². The van der Waals surface area contributed by atoms with E-state index in [0.717, 1.165) is 11.4 Å². The first-order valence-electron chi connectivity index (χ1n) is 12.2. The second-order valence-corrected chi connectivity index (χ2v) is 10.1. The molecule has 0 aliphatic carbocycles. The number of nitrogens with zero attached hydrogens (tertiary/aromatic N) is 1. The Hall–Kier alpha value is -4.21. The van der Waals surface area contributed by atoms with E-state index in [1.165, 1.54) is 43.4 Å². The fourth-order valence-corrected chi connectivity index (χ4v) is 6.57. The highest BCUT2D eigenvalue weighted by atomic mass is 32.2. The van der Waals surface area contributed by atoms with Crippen molar-refractivity contribution in [1.29, 1.82) is 0 Å². The van der Waals surface area contributed by atoms with E-state index in [2.05, 4.69) is 144 Å². The first kappa shape index (κ1) is 21.1. The Morgan fingerprint density at radius 2 is 1.08 bits per heavy atom. The maximum Gasteiger partial charge on any atom is 0.103 e. The van der Waals surface area contributed by atoms with Crippen LogP contribution < -0.4 is 10.2 Å². The Kier molecular flexibility index (Phi) is 5.15. The zero-order valence-electron chi connectivity index (χ0n) is 19.6. The summed E-state index contributed by atoms with van der Waals surface area (Å²) in [5.74, 6) is 0. The predicted octanol–water partition coefficient (Wildman–Crippen LogP) is 9.68. The van der Waals surface area contributed by atoms with Crippen LogP contribution >= 0.6 is 11.8 Å². The van der Waals surface area contributed by atoms with Gasteiger partial charge in [0.05, 0.1) is 11.4 Å². The van der Waals surface area contributed by atoms with Gasteiger partial charge in [-0.15, -0.1) is 0 Å². The third kappa shape index (κ3) is 3.43. The van der Waals surface area contributed by atoms with Crippen LogP contribution in [0.25, 0.3) is 21.5 Å². The summed E-state index contributed by atoms with van der Waals surface area (Å²) >= 11 is 1.92. The van der Waals surface area contributed by atoms with Gasteiger partial charge in [-0.1, -0.05) is 115 Å². The molecule has 0 radical (unpaired) electrons. The van der Waals surface area contributed by atoms with Gasteiger partial charge in [0.2, 0.25) is 0 Å². The topological polar surface area (TPSA) is 15.3 Å². The maximum absolute atomic E-state index is 3.85. The molecule has 0 spiro atoms. The van der Waals surface area contributed by atoms with Crippen molar-refractivity contribution in [1.82, 2.24) is 0 Å². The lowest BCUT2D eigenvalue weighted by Gasteiger charge is -2.27. The number of thioether (sulfide) groups is 1. The van der Waals surface area contributed by atoms with Crippen LogP contribution in [0.15, 0.2) is 138 Å². The monoisotopic (exact) mass is 480 g/mol. The van der Waals surface area contributed by atoms with Crippen LogP contribution in [0.1, 0.15) is 10.9 Å². The predicted molar refractivity (Wildman–Crippen MR) is 155 cm³/mol. The number of fused-ring (bicyclic) bond motifs is 6. The van der Waals surface area contributed by atoms with Gasteiger partial charge in [-0.25, -0.2) is 0 Å². The molecule has 1 N–H and O–H groups in total. The van der Waals surface area contributed by atoms with Crippen molar-refractivity contribution in [3.63, 3.8) is 0 Å². The number of para-hydroxylation sites is 2. The minimum atomic E-state index is 0.193. The Balaban J connectivity index is 1.52. The highest BCUT2D eigenvalue weighted by Gasteiger charge is 2.29. The van der Waals surface area contributed by atoms with Crippen LogP contribution in [0.4, 0.5) is 22.7 Å². The van der Waals surface area contributed by atoms with E-state index in [4.69, 9.17) is 0 Å². The molecule has 0 amide bonds. The van der Waals surface area contributed by atoms with Gasteiger partial charge in [0, 0.05) is 32.4 Å². The number of benzene rings is 6. The molecule has 3 heteroatoms. The highest BCUT2D eigenvalue weighted by molar-refractivity contribution is 8.00. The fourth-order valence-electron chi connectivity index (χ4n) is 5.28. The second kappa shape index (κ2) is 8.78. The summed E-state index contributed by atoms with van der Waals surface area (Å²) in [6.07, 6.45) is 0. The molecule has 172 valence electrons. The van der Waals surface area contributed by atoms with Gasteiger partial charge in [-0.2, -0.15) is 0 Å². The maximum atomic E-state index is 3.85. The fraction of sp³-hybridized carbons (Fsp3) is 0.0303. The molecule has 0 saturated carbocycles. The minimum Gasteiger partial charge on any atom is -0.368 e. The van der Waals surface area contributed by atoms with E-state index in [0.29, 0.717) is 0 Å². The zero-order chi connectivity index (χ0) is 23.9. The van der Waals surface area contributed by atoms with E-state index in [-0.39, 0.29) is 5.37 Å². The van der Waals surface area contributed by atoms with Crippen molar-refractivity contribution in [2.75, 3.05) is 10.2 Å². The molecular weight excluding hydrogens is 456 g/mol. The van der Waals surface area contributed by atoms with Gasteiger partial charge in [0.25, 0.3) is 0 Å². The van der Waals surface area contributed by atoms with Gasteiger partial charge in [-0.3, -0.25) is 0 Å². The smallest absolute Gasteiger partial charge is 0.103 e. The first-order chi connectivity index (χ1) is 17.9. The molecule has 0 aromatic heterocycles. The largest absolute Gasteiger partial charge is 0.368 e. The van der Waals surface area contributed by atoms with E-state index >= 15 is 0 Å². The van der Waals surface area contributed by atoms with Gasteiger partial charge in [0.1, 0.15) is 5.37 Å². The first-order valence-corrected chi connectivity index (χ1v) is 13.1. The Bertz CT molecular complexity index is 1640. The molecule has 36 heavy (non-hydrogen) atoms. The molecule has 1 aliphatic rings. The van der Waals surface area contributed by atoms with Crippen molar-refractivity contribution < 1.29 is 0 Å². The number of hydrogen-bond donors (Lipinski definition) is 1. The lowest BCUT2D eigenvalue weighted by atomic mass is 9.97. The average Bonchev–Trinajstić information content (AvgIpc) is 3.41. The lowest BCUT2D eigenvalue weighted by Crippen LogP contribution is -2.10. The van der Waals surface area contributed by atoms with Crippen molar-refractivity contribution in [2.45, 2.75) is 10.3 Å². The van der Waals surface area contributed by atoms with E-state index < -0.39 is 0 Å². The van der Waals surface area contributed by atoms with Crippen LogP contribution in [-0.4, -0.2) is 0 Å². The molecule has 2 nitrogen and oxygen atoms in total. The summed E-state index contributed by atoms with van der Waals surface area (Å²) in [5, 5.41) is 9.13. The van der Waals surface area contributed by atoms with Gasteiger partial charge < -0.3 is 10.2 Å². The van der Waals surface area contributed by atoms with Crippen LogP contribution in [0, 0.1) is 0 Å². The average molecular weight is 481 g/mol. The second-order valence-electron chi connectivity index (χ2n) is 9.01. The van der Waals surface area contributed by atoms with E-state index in [9.17, 15) is 0 Å². The molecule has 0 fully saturated rings. The molecule has 6 aromatic rings. The summed E-state index contributed by atoms with van der Waals surface area (Å²) in [7, 11) is 0. The minimum absolute atomic E-state index is 0.193. The zero-order valence-corrected chi connectivity index (χ0v) is 20.5. The van der Waals surface area contributed by atoms with Crippen LogP contribution in [0.5, 0.6) is 0 Å². The van der Waals surface area contributed by atoms with Gasteiger partial charge in [-0.05, 0) is 41.3 Å². The Morgan fingerprint density at radius 1 is 0.528 bits per heavy atom. The molecule has 1 aliphatic heterocycles. The normalized spacial score (nSPS) is 14.5. The SMILES string of the molecule is c1ccc(C2Nc3c(c4cccc(N(c5ccccc5)c5ccccc5)c4c4ccccc34)S2)cc1. The number of rotatable bonds is 4. The molecule has 0 saturated heterocycles. The van der Waals surface area contributed by atoms with Crippen molar-refractivity contribution in [3.05, 3.63) is 139 Å². The molecule has 0 bridgehead atoms. The third-order valence-corrected chi connectivity index (χ3v) is 8.15. The molecule has 7 rings (SSSR count). The van der Waals surface area contributed by atoms with Gasteiger partial charge in [0.15, 0.2) is 0 Å². The standard InChI is InChI=1S/C33H24N2S/c1-4-13-23(14-5-1)33-34-31-27-20-11-10-19-26(27)30-28(32(31)36-33)21-12-22-29(30)35(24-15-6-2-7-16-24)25-17-8-3-9-18-25/h1-22,33-34H. The van der Waals surface area contributed by atoms with Crippen molar-refractivity contribution >= 4 is 56.1 Å². The number of anilines is 4. The lowest BCUT2D eigenvalue weighted by molar-refractivity contribution is 1.14. The quantitative estimate of drug-likeness (QED) is 0.253. The Morgan fingerprint density at radius 3 is 1.75 bits per heavy atom. The molecule has 1 unspecified atom stereocenters. The number of nitrogens with one attached hydrogen (secondary N) is 1. The van der Waals surface area contributed by atoms with Gasteiger partial charge >= 0.3 is 0 Å². The summed E-state index contributed by atoms with van der Waals surface area (Å²) in [6.45, 7) is 0. The highest BCUT2D eigenvalue weighted by Crippen LogP contribution is 2.55. The summed E-state index contributed by atoms with van der Waals surface area (Å²) in [4.78, 5) is 3.70. The van der Waals surface area contributed by atoms with Crippen molar-refractivity contribution in [2.24, 2.45) is 0 Å². The molecule has 1 atom stereocenters. The molecular formula is C33H24N2S. The van der Waals surface area contributed by atoms with Crippen LogP contribution in [0.2, 0.25) is 0 Å². The molecule has 6 aromatic carbocycles. The van der Waals surface area contributed by atoms with E-state index in [1.54, 1.807) is 0 Å². The summed E-state index contributed by atoms with van der Waals surface area (Å²) < 4.78 is 0. The van der Waals surface area contributed by atoms with E-state index in [1.807, 2.05) is 11.8 Å². The summed E-state index contributed by atoms with van der Waals surface area (Å²) in [6, 6.07) is 47.6. The summed E-state index contributed by atoms with van der Waals surface area (Å²) in [5.41, 5.74) is 6.01. The van der Waals surface area contributed by atoms with Crippen molar-refractivity contribution in [3.8, 4) is 0 Å². The Labute approximate surface area is 215 Å². The number of hydrogen-bond acceptors (Lipinski definition) is 3. The van der Waals surface area contributed by atoms with Crippen LogP contribution in [-0.2, 0) is 0 Å². The third-order valence-electron chi connectivity index (χ3n) is 6.86.